The van der Waals surface area contributed by atoms with Gasteiger partial charge in [0, 0.05) is 5.56 Å². The predicted octanol–water partition coefficient (Wildman–Crippen LogP) is 3.39. The third-order valence-corrected chi connectivity index (χ3v) is 2.88. The standard InChI is InChI=1S/C18H16O3/c1-2-21-18(20)16-9-6-10-17(19)15(13-16)12-11-14-7-4-3-5-8-14/h3-13H,2H2,1H3/b12-11+. The van der Waals surface area contributed by atoms with Gasteiger partial charge in [-0.1, -0.05) is 48.6 Å². The third-order valence-electron chi connectivity index (χ3n) is 2.88. The Morgan fingerprint density at radius 3 is 2.52 bits per heavy atom. The van der Waals surface area contributed by atoms with Crippen LogP contribution in [0, 0.1) is 0 Å². The highest BCUT2D eigenvalue weighted by Crippen LogP contribution is 2.07. The summed E-state index contributed by atoms with van der Waals surface area (Å²) < 4.78 is 4.96. The average molecular weight is 280 g/mol. The van der Waals surface area contributed by atoms with Gasteiger partial charge in [-0.15, -0.1) is 0 Å². The molecule has 0 saturated carbocycles. The number of benzene rings is 1. The van der Waals surface area contributed by atoms with Gasteiger partial charge in [-0.2, -0.15) is 0 Å². The maximum absolute atomic E-state index is 12.0. The lowest BCUT2D eigenvalue weighted by Gasteiger charge is -1.99. The van der Waals surface area contributed by atoms with Crippen molar-refractivity contribution in [2.24, 2.45) is 0 Å². The second-order valence-corrected chi connectivity index (χ2v) is 4.41. The number of hydrogen-bond donors (Lipinski definition) is 0. The molecule has 3 nitrogen and oxygen atoms in total. The van der Waals surface area contributed by atoms with Crippen LogP contribution in [0.1, 0.15) is 28.4 Å². The zero-order valence-electron chi connectivity index (χ0n) is 11.8. The minimum Gasteiger partial charge on any atom is -0.462 e. The van der Waals surface area contributed by atoms with Gasteiger partial charge in [0.1, 0.15) is 0 Å². The van der Waals surface area contributed by atoms with E-state index >= 15 is 0 Å². The van der Waals surface area contributed by atoms with E-state index in [2.05, 4.69) is 0 Å². The van der Waals surface area contributed by atoms with Crippen LogP contribution in [0.5, 0.6) is 0 Å². The highest BCUT2D eigenvalue weighted by molar-refractivity contribution is 5.90. The lowest BCUT2D eigenvalue weighted by molar-refractivity contribution is 0.0526. The molecule has 0 aliphatic heterocycles. The fourth-order valence-corrected chi connectivity index (χ4v) is 1.84. The molecule has 0 aromatic heterocycles. The maximum Gasteiger partial charge on any atom is 0.338 e. The van der Waals surface area contributed by atoms with E-state index in [9.17, 15) is 9.59 Å². The fraction of sp³-hybridized carbons (Fsp3) is 0.111. The van der Waals surface area contributed by atoms with Crippen LogP contribution in [0.2, 0.25) is 0 Å². The molecule has 0 heterocycles. The first-order chi connectivity index (χ1) is 10.2. The van der Waals surface area contributed by atoms with E-state index in [1.54, 1.807) is 31.2 Å². The summed E-state index contributed by atoms with van der Waals surface area (Å²) in [4.78, 5) is 23.7. The molecular weight excluding hydrogens is 264 g/mol. The quantitative estimate of drug-likeness (QED) is 0.806. The van der Waals surface area contributed by atoms with E-state index in [4.69, 9.17) is 4.74 Å². The summed E-state index contributed by atoms with van der Waals surface area (Å²) in [6.45, 7) is 2.05. The van der Waals surface area contributed by atoms with Crippen LogP contribution in [0.15, 0.2) is 59.4 Å². The normalized spacial score (nSPS) is 10.5. The van der Waals surface area contributed by atoms with E-state index < -0.39 is 5.97 Å². The molecule has 0 spiro atoms. The van der Waals surface area contributed by atoms with Crippen LogP contribution >= 0.6 is 0 Å². The van der Waals surface area contributed by atoms with Crippen molar-refractivity contribution in [1.29, 1.82) is 0 Å². The van der Waals surface area contributed by atoms with E-state index in [1.807, 2.05) is 36.4 Å². The molecule has 3 heteroatoms. The summed E-state index contributed by atoms with van der Waals surface area (Å²) in [5.41, 5.74) is 1.66. The Morgan fingerprint density at radius 2 is 1.81 bits per heavy atom. The van der Waals surface area contributed by atoms with Gasteiger partial charge < -0.3 is 4.74 Å². The summed E-state index contributed by atoms with van der Waals surface area (Å²) in [6.07, 6.45) is 3.55. The minimum absolute atomic E-state index is 0.141. The lowest BCUT2D eigenvalue weighted by Crippen LogP contribution is -2.04. The van der Waals surface area contributed by atoms with E-state index in [0.29, 0.717) is 17.7 Å². The van der Waals surface area contributed by atoms with E-state index in [1.165, 1.54) is 6.07 Å². The maximum atomic E-state index is 12.0. The molecular formula is C18H16O3. The van der Waals surface area contributed by atoms with Gasteiger partial charge in [-0.05, 0) is 30.7 Å². The first-order valence-electron chi connectivity index (χ1n) is 6.75. The summed E-state index contributed by atoms with van der Waals surface area (Å²) in [7, 11) is 0. The van der Waals surface area contributed by atoms with Crippen LogP contribution < -0.4 is 5.43 Å². The van der Waals surface area contributed by atoms with Crippen LogP contribution in [0.3, 0.4) is 0 Å². The SMILES string of the molecule is CCOC(=O)c1cccc(=O)c(/C=C/c2ccccc2)c1. The topological polar surface area (TPSA) is 43.4 Å². The van der Waals surface area contributed by atoms with Gasteiger partial charge in [0.15, 0.2) is 5.43 Å². The third kappa shape index (κ3) is 4.14. The number of carbonyl (C=O) groups is 1. The number of carbonyl (C=O) groups excluding carboxylic acids is 1. The van der Waals surface area contributed by atoms with Crippen LogP contribution in [-0.4, -0.2) is 12.6 Å². The second-order valence-electron chi connectivity index (χ2n) is 4.41. The zero-order valence-corrected chi connectivity index (χ0v) is 11.8. The number of hydrogen-bond acceptors (Lipinski definition) is 3. The highest BCUT2D eigenvalue weighted by atomic mass is 16.5. The van der Waals surface area contributed by atoms with Crippen molar-refractivity contribution in [3.63, 3.8) is 0 Å². The molecule has 0 aliphatic rings. The Bertz CT molecular complexity index is 703. The first kappa shape index (κ1) is 14.7. The molecule has 0 N–H and O–H groups in total. The van der Waals surface area contributed by atoms with Gasteiger partial charge in [-0.3, -0.25) is 4.79 Å². The van der Waals surface area contributed by atoms with Crippen molar-refractivity contribution in [3.8, 4) is 0 Å². The Kier molecular flexibility index (Phi) is 5.04. The fourth-order valence-electron chi connectivity index (χ4n) is 1.84. The lowest BCUT2D eigenvalue weighted by atomic mass is 10.1. The largest absolute Gasteiger partial charge is 0.462 e. The minimum atomic E-state index is -0.428. The first-order valence-corrected chi connectivity index (χ1v) is 6.75. The molecule has 0 atom stereocenters. The molecule has 0 radical (unpaired) electrons. The Hall–Kier alpha value is -2.68. The smallest absolute Gasteiger partial charge is 0.338 e. The molecule has 0 bridgehead atoms. The molecule has 0 unspecified atom stereocenters. The monoisotopic (exact) mass is 280 g/mol. The van der Waals surface area contributed by atoms with E-state index in [0.717, 1.165) is 5.56 Å². The summed E-state index contributed by atoms with van der Waals surface area (Å²) in [5.74, 6) is -0.428. The van der Waals surface area contributed by atoms with Crippen LogP contribution in [-0.2, 0) is 4.74 Å². The van der Waals surface area contributed by atoms with Crippen molar-refractivity contribution in [2.75, 3.05) is 6.61 Å². The van der Waals surface area contributed by atoms with Crippen molar-refractivity contribution < 1.29 is 9.53 Å². The molecule has 0 aliphatic carbocycles. The van der Waals surface area contributed by atoms with Crippen molar-refractivity contribution in [1.82, 2.24) is 0 Å². The van der Waals surface area contributed by atoms with Crippen molar-refractivity contribution in [3.05, 3.63) is 81.5 Å². The molecule has 2 aromatic carbocycles. The van der Waals surface area contributed by atoms with Gasteiger partial charge in [0.05, 0.1) is 12.2 Å². The number of ether oxygens (including phenoxy) is 1. The summed E-state index contributed by atoms with van der Waals surface area (Å²) >= 11 is 0. The summed E-state index contributed by atoms with van der Waals surface area (Å²) in [5, 5.41) is 0. The van der Waals surface area contributed by atoms with Crippen LogP contribution in [0.25, 0.3) is 12.2 Å². The molecule has 0 fully saturated rings. The van der Waals surface area contributed by atoms with Crippen molar-refractivity contribution >= 4 is 18.1 Å². The molecule has 2 aromatic rings. The molecule has 0 saturated heterocycles. The zero-order chi connectivity index (χ0) is 15.1. The van der Waals surface area contributed by atoms with E-state index in [-0.39, 0.29) is 5.43 Å². The molecule has 0 amide bonds. The van der Waals surface area contributed by atoms with Gasteiger partial charge >= 0.3 is 5.97 Å². The second kappa shape index (κ2) is 7.20. The molecule has 106 valence electrons. The predicted molar refractivity (Wildman–Crippen MR) is 84.0 cm³/mol. The Morgan fingerprint density at radius 1 is 1.05 bits per heavy atom. The summed E-state index contributed by atoms with van der Waals surface area (Å²) in [6, 6.07) is 15.8. The van der Waals surface area contributed by atoms with Gasteiger partial charge in [-0.25, -0.2) is 4.79 Å². The Labute approximate surface area is 123 Å². The average Bonchev–Trinajstić information content (AvgIpc) is 2.68. The van der Waals surface area contributed by atoms with Crippen LogP contribution in [0.4, 0.5) is 0 Å². The number of rotatable bonds is 4. The number of esters is 1. The van der Waals surface area contributed by atoms with Crippen molar-refractivity contribution in [2.45, 2.75) is 6.92 Å². The van der Waals surface area contributed by atoms with Gasteiger partial charge in [0.2, 0.25) is 0 Å². The Balaban J connectivity index is 2.37. The highest BCUT2D eigenvalue weighted by Gasteiger charge is 2.06. The molecule has 21 heavy (non-hydrogen) atoms. The molecule has 2 rings (SSSR count). The van der Waals surface area contributed by atoms with Gasteiger partial charge in [0.25, 0.3) is 0 Å².